The van der Waals surface area contributed by atoms with Crippen molar-refractivity contribution < 1.29 is 14.3 Å². The van der Waals surface area contributed by atoms with Crippen LogP contribution in [0.25, 0.3) is 21.8 Å². The molecule has 31 heavy (non-hydrogen) atoms. The maximum absolute atomic E-state index is 13.6. The van der Waals surface area contributed by atoms with Crippen molar-refractivity contribution in [1.29, 1.82) is 0 Å². The monoisotopic (exact) mass is 424 g/mol. The van der Waals surface area contributed by atoms with Crippen LogP contribution >= 0.6 is 0 Å². The van der Waals surface area contributed by atoms with E-state index in [-0.39, 0.29) is 23.4 Å². The Morgan fingerprint density at radius 3 is 2.55 bits per heavy atom. The highest BCUT2D eigenvalue weighted by molar-refractivity contribution is 6.08. The van der Waals surface area contributed by atoms with Crippen molar-refractivity contribution in [3.63, 3.8) is 0 Å². The molecule has 1 amide bonds. The third-order valence-electron chi connectivity index (χ3n) is 6.22. The summed E-state index contributed by atoms with van der Waals surface area (Å²) in [6.07, 6.45) is 3.44. The number of ether oxygens (including phenoxy) is 1. The zero-order valence-corrected chi connectivity index (χ0v) is 18.2. The van der Waals surface area contributed by atoms with Gasteiger partial charge in [0.2, 0.25) is 5.91 Å². The molecule has 0 aliphatic carbocycles. The van der Waals surface area contributed by atoms with Gasteiger partial charge >= 0.3 is 5.97 Å². The number of carbonyl (C=O) groups is 2. The number of para-hydroxylation sites is 1. The van der Waals surface area contributed by atoms with Gasteiger partial charge in [-0.05, 0) is 32.3 Å². The van der Waals surface area contributed by atoms with Crippen LogP contribution in [0, 0.1) is 5.92 Å². The average Bonchev–Trinajstić information content (AvgIpc) is 3.12. The lowest BCUT2D eigenvalue weighted by atomic mass is 9.96. The predicted octanol–water partition coefficient (Wildman–Crippen LogP) is 2.64. The van der Waals surface area contributed by atoms with E-state index in [0.29, 0.717) is 44.5 Å². The normalized spacial score (nSPS) is 16.0. The highest BCUT2D eigenvalue weighted by Crippen LogP contribution is 2.32. The smallest absolute Gasteiger partial charge is 0.309 e. The molecule has 1 aliphatic heterocycles. The van der Waals surface area contributed by atoms with Gasteiger partial charge in [0.1, 0.15) is 11.6 Å². The number of benzene rings is 1. The van der Waals surface area contributed by atoms with Crippen LogP contribution in [0.15, 0.2) is 35.3 Å². The van der Waals surface area contributed by atoms with E-state index in [0.717, 1.165) is 16.3 Å². The Balaban J connectivity index is 1.71. The van der Waals surface area contributed by atoms with Gasteiger partial charge in [-0.3, -0.25) is 14.4 Å². The zero-order valence-electron chi connectivity index (χ0n) is 18.2. The number of piperidine rings is 1. The highest BCUT2D eigenvalue weighted by Gasteiger charge is 2.33. The van der Waals surface area contributed by atoms with E-state index in [1.807, 2.05) is 40.7 Å². The molecule has 1 fully saturated rings. The van der Waals surface area contributed by atoms with Gasteiger partial charge in [0.05, 0.1) is 24.2 Å². The average molecular weight is 425 g/mol. The Labute approximate surface area is 180 Å². The minimum atomic E-state index is -0.503. The second-order valence-electron chi connectivity index (χ2n) is 8.00. The topological polar surface area (TPSA) is 86.4 Å². The molecule has 0 spiro atoms. The van der Waals surface area contributed by atoms with E-state index in [1.165, 1.54) is 4.68 Å². The van der Waals surface area contributed by atoms with Crippen LogP contribution in [0.3, 0.4) is 0 Å². The Bertz CT molecular complexity index is 1190. The molecule has 1 aromatic carbocycles. The largest absolute Gasteiger partial charge is 0.466 e. The Hall–Kier alpha value is -3.16. The molecule has 1 aliphatic rings. The van der Waals surface area contributed by atoms with Crippen LogP contribution in [-0.4, -0.2) is 50.8 Å². The maximum atomic E-state index is 13.6. The molecule has 0 unspecified atom stereocenters. The van der Waals surface area contributed by atoms with Crippen molar-refractivity contribution in [2.45, 2.75) is 39.2 Å². The van der Waals surface area contributed by atoms with Gasteiger partial charge in [0.15, 0.2) is 0 Å². The van der Waals surface area contributed by atoms with Crippen LogP contribution in [0.5, 0.6) is 0 Å². The van der Waals surface area contributed by atoms with Crippen LogP contribution in [0.4, 0.5) is 0 Å². The molecule has 0 saturated carbocycles. The maximum Gasteiger partial charge on any atom is 0.309 e. The van der Waals surface area contributed by atoms with E-state index in [9.17, 15) is 14.4 Å². The first-order valence-electron chi connectivity index (χ1n) is 10.9. The fourth-order valence-electron chi connectivity index (χ4n) is 4.59. The summed E-state index contributed by atoms with van der Waals surface area (Å²) in [6, 6.07) is 7.23. The quantitative estimate of drug-likeness (QED) is 0.588. The lowest BCUT2D eigenvalue weighted by Gasteiger charge is -2.34. The van der Waals surface area contributed by atoms with Crippen molar-refractivity contribution in [2.24, 2.45) is 13.0 Å². The van der Waals surface area contributed by atoms with E-state index in [1.54, 1.807) is 20.2 Å². The molecule has 3 aromatic rings. The third kappa shape index (κ3) is 3.60. The Kier molecular flexibility index (Phi) is 5.80. The van der Waals surface area contributed by atoms with E-state index >= 15 is 0 Å². The number of nitrogens with zero attached hydrogens (tertiary/aromatic N) is 4. The number of fused-ring (bicyclic) bond motifs is 3. The molecule has 8 heteroatoms. The summed E-state index contributed by atoms with van der Waals surface area (Å²) >= 11 is 0. The van der Waals surface area contributed by atoms with Gasteiger partial charge < -0.3 is 14.2 Å². The van der Waals surface area contributed by atoms with E-state index in [4.69, 9.17) is 4.74 Å². The van der Waals surface area contributed by atoms with E-state index < -0.39 is 6.04 Å². The fraction of sp³-hybridized carbons (Fsp3) is 0.478. The SMILES string of the molecule is CCOC(=O)C1CCN(C(=O)[C@H](CC)n2c3ccccc3c3cnn(C)c(=O)c32)CC1. The number of hydrogen-bond acceptors (Lipinski definition) is 5. The first-order valence-corrected chi connectivity index (χ1v) is 10.9. The number of hydrogen-bond donors (Lipinski definition) is 0. The summed E-state index contributed by atoms with van der Waals surface area (Å²) in [7, 11) is 1.62. The molecule has 4 rings (SSSR count). The standard InChI is InChI=1S/C23H28N4O4/c1-4-18(21(28)26-12-10-15(11-13-26)23(30)31-5-2)27-19-9-7-6-8-16(19)17-14-24-25(3)22(29)20(17)27/h6-9,14-15,18H,4-5,10-13H2,1-3H3/t18-/m0/s1. The van der Waals surface area contributed by atoms with Gasteiger partial charge in [-0.2, -0.15) is 5.10 Å². The Morgan fingerprint density at radius 1 is 1.16 bits per heavy atom. The molecule has 3 heterocycles. The molecule has 8 nitrogen and oxygen atoms in total. The molecule has 0 radical (unpaired) electrons. The molecule has 164 valence electrons. The molecule has 2 aromatic heterocycles. The number of rotatable bonds is 5. The van der Waals surface area contributed by atoms with E-state index in [2.05, 4.69) is 5.10 Å². The van der Waals surface area contributed by atoms with Crippen molar-refractivity contribution >= 4 is 33.7 Å². The number of carbonyl (C=O) groups excluding carboxylic acids is 2. The lowest BCUT2D eigenvalue weighted by molar-refractivity contribution is -0.151. The first-order chi connectivity index (χ1) is 15.0. The van der Waals surface area contributed by atoms with Gasteiger partial charge in [0.25, 0.3) is 5.56 Å². The summed E-state index contributed by atoms with van der Waals surface area (Å²) in [5.74, 6) is -0.359. The summed E-state index contributed by atoms with van der Waals surface area (Å²) in [4.78, 5) is 40.5. The summed E-state index contributed by atoms with van der Waals surface area (Å²) < 4.78 is 8.32. The number of likely N-dealkylation sites (tertiary alicyclic amines) is 1. The molecule has 1 saturated heterocycles. The molecular weight excluding hydrogens is 396 g/mol. The van der Waals surface area contributed by atoms with Crippen LogP contribution in [0.2, 0.25) is 0 Å². The number of aryl methyl sites for hydroxylation is 1. The second-order valence-corrected chi connectivity index (χ2v) is 8.00. The minimum absolute atomic E-state index is 0.0219. The molecule has 0 bridgehead atoms. The summed E-state index contributed by atoms with van der Waals surface area (Å²) in [6.45, 7) is 5.15. The van der Waals surface area contributed by atoms with Crippen molar-refractivity contribution in [3.05, 3.63) is 40.8 Å². The number of aromatic nitrogens is 3. The predicted molar refractivity (Wildman–Crippen MR) is 118 cm³/mol. The van der Waals surface area contributed by atoms with Gasteiger partial charge in [-0.25, -0.2) is 4.68 Å². The second kappa shape index (κ2) is 8.53. The minimum Gasteiger partial charge on any atom is -0.466 e. The molecule has 1 atom stereocenters. The van der Waals surface area contributed by atoms with Gasteiger partial charge in [-0.1, -0.05) is 25.1 Å². The van der Waals surface area contributed by atoms with Gasteiger partial charge in [0, 0.05) is 30.9 Å². The van der Waals surface area contributed by atoms with Crippen molar-refractivity contribution in [3.8, 4) is 0 Å². The van der Waals surface area contributed by atoms with Crippen molar-refractivity contribution in [2.75, 3.05) is 19.7 Å². The summed E-state index contributed by atoms with van der Waals surface area (Å²) in [5.41, 5.74) is 1.13. The Morgan fingerprint density at radius 2 is 1.87 bits per heavy atom. The fourth-order valence-corrected chi connectivity index (χ4v) is 4.59. The van der Waals surface area contributed by atoms with Crippen LogP contribution in [0.1, 0.15) is 39.2 Å². The third-order valence-corrected chi connectivity index (χ3v) is 6.22. The van der Waals surface area contributed by atoms with Crippen molar-refractivity contribution in [1.82, 2.24) is 19.2 Å². The van der Waals surface area contributed by atoms with Crippen LogP contribution < -0.4 is 5.56 Å². The zero-order chi connectivity index (χ0) is 22.1. The molecule has 0 N–H and O–H groups in total. The van der Waals surface area contributed by atoms with Crippen LogP contribution in [-0.2, 0) is 21.4 Å². The van der Waals surface area contributed by atoms with Gasteiger partial charge in [-0.15, -0.1) is 0 Å². The first kappa shape index (κ1) is 21.1. The number of esters is 1. The number of amides is 1. The lowest BCUT2D eigenvalue weighted by Crippen LogP contribution is -2.44. The summed E-state index contributed by atoms with van der Waals surface area (Å²) in [5, 5.41) is 5.85. The highest BCUT2D eigenvalue weighted by atomic mass is 16.5. The molecular formula is C23H28N4O4.